The summed E-state index contributed by atoms with van der Waals surface area (Å²) in [5.74, 6) is 0.689. The molecule has 4 rings (SSSR count). The van der Waals surface area contributed by atoms with E-state index in [9.17, 15) is 9.59 Å². The number of nitrogens with one attached hydrogen (secondary N) is 1. The van der Waals surface area contributed by atoms with Crippen LogP contribution in [0, 0.1) is 18.3 Å². The van der Waals surface area contributed by atoms with Gasteiger partial charge in [0.25, 0.3) is 5.91 Å². The largest absolute Gasteiger partial charge is 0.490 e. The van der Waals surface area contributed by atoms with E-state index in [4.69, 9.17) is 4.74 Å². The molecule has 0 bridgehead atoms. The molecule has 31 heavy (non-hydrogen) atoms. The SMILES string of the molecule is Cc1nc2ccccn2c1C(=O)Nc1ccc2c(c1)OCC(C)(C)C(=O)N2CC(C)C. The number of hydrogen-bond donors (Lipinski definition) is 1. The van der Waals surface area contributed by atoms with Crippen molar-refractivity contribution in [2.45, 2.75) is 34.6 Å². The van der Waals surface area contributed by atoms with Crippen LogP contribution >= 0.6 is 0 Å². The molecule has 7 heteroatoms. The average molecular weight is 421 g/mol. The van der Waals surface area contributed by atoms with Crippen LogP contribution < -0.4 is 15.0 Å². The minimum atomic E-state index is -0.634. The minimum absolute atomic E-state index is 0.0399. The summed E-state index contributed by atoms with van der Waals surface area (Å²) >= 11 is 0. The smallest absolute Gasteiger partial charge is 0.274 e. The maximum absolute atomic E-state index is 13.1. The Balaban J connectivity index is 1.66. The van der Waals surface area contributed by atoms with Crippen molar-refractivity contribution >= 4 is 28.8 Å². The molecular formula is C24H28N4O3. The number of fused-ring (bicyclic) bond motifs is 2. The average Bonchev–Trinajstić information content (AvgIpc) is 3.02. The van der Waals surface area contributed by atoms with Gasteiger partial charge >= 0.3 is 0 Å². The van der Waals surface area contributed by atoms with Crippen LogP contribution in [0.15, 0.2) is 42.6 Å². The minimum Gasteiger partial charge on any atom is -0.490 e. The molecule has 1 N–H and O–H groups in total. The Hall–Kier alpha value is -3.35. The standard InChI is InChI=1S/C24H28N4O3/c1-15(2)13-28-18-10-9-17(12-19(18)31-14-24(4,5)23(28)30)26-22(29)21-16(3)25-20-8-6-7-11-27(20)21/h6-12,15H,13-14H2,1-5H3,(H,26,29). The highest BCUT2D eigenvalue weighted by molar-refractivity contribution is 6.05. The van der Waals surface area contributed by atoms with E-state index in [0.717, 1.165) is 11.3 Å². The number of imidazole rings is 1. The monoisotopic (exact) mass is 420 g/mol. The number of ether oxygens (including phenoxy) is 1. The van der Waals surface area contributed by atoms with E-state index < -0.39 is 5.41 Å². The van der Waals surface area contributed by atoms with Crippen LogP contribution in [0.4, 0.5) is 11.4 Å². The molecule has 0 unspecified atom stereocenters. The third-order valence-electron chi connectivity index (χ3n) is 5.39. The zero-order valence-corrected chi connectivity index (χ0v) is 18.6. The number of hydrogen-bond acceptors (Lipinski definition) is 4. The molecule has 2 amide bonds. The maximum atomic E-state index is 13.1. The van der Waals surface area contributed by atoms with Crippen molar-refractivity contribution in [3.05, 3.63) is 54.0 Å². The summed E-state index contributed by atoms with van der Waals surface area (Å²) in [7, 11) is 0. The molecule has 3 aromatic rings. The van der Waals surface area contributed by atoms with Gasteiger partial charge in [-0.25, -0.2) is 4.98 Å². The molecule has 1 aromatic carbocycles. The molecule has 7 nitrogen and oxygen atoms in total. The van der Waals surface area contributed by atoms with Gasteiger partial charge in [0, 0.05) is 24.5 Å². The zero-order chi connectivity index (χ0) is 22.3. The van der Waals surface area contributed by atoms with E-state index in [1.54, 1.807) is 21.4 Å². The predicted octanol–water partition coefficient (Wildman–Crippen LogP) is 4.30. The summed E-state index contributed by atoms with van der Waals surface area (Å²) in [5, 5.41) is 2.95. The quantitative estimate of drug-likeness (QED) is 0.683. The van der Waals surface area contributed by atoms with Crippen molar-refractivity contribution in [1.82, 2.24) is 9.38 Å². The normalized spacial score (nSPS) is 15.5. The summed E-state index contributed by atoms with van der Waals surface area (Å²) < 4.78 is 7.80. The third-order valence-corrected chi connectivity index (χ3v) is 5.39. The second-order valence-electron chi connectivity index (χ2n) is 9.09. The van der Waals surface area contributed by atoms with E-state index in [0.29, 0.717) is 35.3 Å². The van der Waals surface area contributed by atoms with Crippen LogP contribution in [0.25, 0.3) is 5.65 Å². The number of anilines is 2. The summed E-state index contributed by atoms with van der Waals surface area (Å²) in [6, 6.07) is 11.0. The molecule has 1 aliphatic heterocycles. The fourth-order valence-electron chi connectivity index (χ4n) is 3.85. The van der Waals surface area contributed by atoms with Crippen LogP contribution in [0.1, 0.15) is 43.9 Å². The predicted molar refractivity (Wildman–Crippen MR) is 121 cm³/mol. The highest BCUT2D eigenvalue weighted by Gasteiger charge is 2.38. The molecule has 162 valence electrons. The van der Waals surface area contributed by atoms with Crippen LogP contribution in [-0.2, 0) is 4.79 Å². The third kappa shape index (κ3) is 3.87. The molecule has 3 heterocycles. The first kappa shape index (κ1) is 20.9. The number of aryl methyl sites for hydroxylation is 1. The lowest BCUT2D eigenvalue weighted by Crippen LogP contribution is -2.43. The Labute approximate surface area is 182 Å². The number of carbonyl (C=O) groups excluding carboxylic acids is 2. The van der Waals surface area contributed by atoms with Gasteiger partial charge in [0.1, 0.15) is 23.7 Å². The van der Waals surface area contributed by atoms with E-state index >= 15 is 0 Å². The molecule has 1 aliphatic rings. The Bertz CT molecular complexity index is 1160. The van der Waals surface area contributed by atoms with Gasteiger partial charge in [0.05, 0.1) is 16.8 Å². The number of aromatic nitrogens is 2. The number of nitrogens with zero attached hydrogens (tertiary/aromatic N) is 3. The lowest BCUT2D eigenvalue weighted by atomic mass is 9.92. The highest BCUT2D eigenvalue weighted by atomic mass is 16.5. The van der Waals surface area contributed by atoms with Crippen molar-refractivity contribution in [2.75, 3.05) is 23.4 Å². The molecular weight excluding hydrogens is 392 g/mol. The lowest BCUT2D eigenvalue weighted by Gasteiger charge is -2.29. The Morgan fingerprint density at radius 2 is 2.03 bits per heavy atom. The van der Waals surface area contributed by atoms with Crippen LogP contribution in [-0.4, -0.2) is 34.4 Å². The first-order valence-electron chi connectivity index (χ1n) is 10.5. The molecule has 0 aliphatic carbocycles. The lowest BCUT2D eigenvalue weighted by molar-refractivity contribution is -0.127. The molecule has 2 aromatic heterocycles. The maximum Gasteiger partial charge on any atom is 0.274 e. The fourth-order valence-corrected chi connectivity index (χ4v) is 3.85. The first-order valence-corrected chi connectivity index (χ1v) is 10.5. The molecule has 0 atom stereocenters. The second-order valence-corrected chi connectivity index (χ2v) is 9.09. The van der Waals surface area contributed by atoms with E-state index in [1.807, 2.05) is 51.2 Å². The van der Waals surface area contributed by atoms with Gasteiger partial charge in [-0.05, 0) is 51.0 Å². The van der Waals surface area contributed by atoms with Gasteiger partial charge in [-0.3, -0.25) is 14.0 Å². The van der Waals surface area contributed by atoms with Crippen molar-refractivity contribution in [2.24, 2.45) is 11.3 Å². The van der Waals surface area contributed by atoms with E-state index in [1.165, 1.54) is 0 Å². The number of benzene rings is 1. The first-order chi connectivity index (χ1) is 14.7. The van der Waals surface area contributed by atoms with Crippen molar-refractivity contribution in [3.63, 3.8) is 0 Å². The summed E-state index contributed by atoms with van der Waals surface area (Å²) in [4.78, 5) is 32.4. The van der Waals surface area contributed by atoms with Crippen molar-refractivity contribution in [3.8, 4) is 5.75 Å². The topological polar surface area (TPSA) is 75.9 Å². The Morgan fingerprint density at radius 3 is 2.77 bits per heavy atom. The fraction of sp³-hybridized carbons (Fsp3) is 0.375. The Morgan fingerprint density at radius 1 is 1.26 bits per heavy atom. The molecule has 0 saturated heterocycles. The number of amides is 2. The van der Waals surface area contributed by atoms with Gasteiger partial charge in [0.15, 0.2) is 0 Å². The van der Waals surface area contributed by atoms with E-state index in [-0.39, 0.29) is 18.4 Å². The van der Waals surface area contributed by atoms with Crippen LogP contribution in [0.5, 0.6) is 5.75 Å². The Kier molecular flexibility index (Phi) is 5.21. The highest BCUT2D eigenvalue weighted by Crippen LogP contribution is 2.38. The van der Waals surface area contributed by atoms with Crippen LogP contribution in [0.3, 0.4) is 0 Å². The zero-order valence-electron chi connectivity index (χ0n) is 18.6. The van der Waals surface area contributed by atoms with Gasteiger partial charge in [-0.1, -0.05) is 19.9 Å². The molecule has 0 radical (unpaired) electrons. The van der Waals surface area contributed by atoms with Crippen LogP contribution in [0.2, 0.25) is 0 Å². The number of pyridine rings is 1. The molecule has 0 spiro atoms. The second kappa shape index (κ2) is 7.72. The summed E-state index contributed by atoms with van der Waals surface area (Å²) in [6.45, 7) is 10.6. The molecule has 0 saturated carbocycles. The summed E-state index contributed by atoms with van der Waals surface area (Å²) in [6.07, 6.45) is 1.82. The van der Waals surface area contributed by atoms with Gasteiger partial charge in [-0.2, -0.15) is 0 Å². The number of carbonyl (C=O) groups is 2. The van der Waals surface area contributed by atoms with Gasteiger partial charge in [-0.15, -0.1) is 0 Å². The van der Waals surface area contributed by atoms with Gasteiger partial charge < -0.3 is 15.0 Å². The van der Waals surface area contributed by atoms with Gasteiger partial charge in [0.2, 0.25) is 5.91 Å². The molecule has 0 fully saturated rings. The number of rotatable bonds is 4. The summed E-state index contributed by atoms with van der Waals surface area (Å²) in [5.41, 5.74) is 2.57. The van der Waals surface area contributed by atoms with Crippen molar-refractivity contribution < 1.29 is 14.3 Å². The van der Waals surface area contributed by atoms with E-state index in [2.05, 4.69) is 24.1 Å². The van der Waals surface area contributed by atoms with Crippen molar-refractivity contribution in [1.29, 1.82) is 0 Å².